The zero-order valence-electron chi connectivity index (χ0n) is 14.9. The summed E-state index contributed by atoms with van der Waals surface area (Å²) in [5.74, 6) is 0.0187. The van der Waals surface area contributed by atoms with E-state index < -0.39 is 23.7 Å². The van der Waals surface area contributed by atoms with Crippen LogP contribution in [0.25, 0.3) is 0 Å². The second kappa shape index (κ2) is 6.46. The molecule has 2 aromatic carbocycles. The normalized spacial score (nSPS) is 20.6. The lowest BCUT2D eigenvalue weighted by molar-refractivity contribution is -0.0627. The van der Waals surface area contributed by atoms with Gasteiger partial charge in [-0.05, 0) is 51.1 Å². The number of amides is 1. The fraction of sp³-hybridized carbons (Fsp3) is 0.300. The Morgan fingerprint density at radius 2 is 1.88 bits per heavy atom. The van der Waals surface area contributed by atoms with E-state index in [1.807, 2.05) is 0 Å². The number of carbonyl (C=O) groups is 2. The average Bonchev–Trinajstić information content (AvgIpc) is 2.58. The second-order valence-electron chi connectivity index (χ2n) is 7.00. The molecule has 1 heterocycles. The molecule has 136 valence electrons. The van der Waals surface area contributed by atoms with E-state index >= 15 is 0 Å². The summed E-state index contributed by atoms with van der Waals surface area (Å²) >= 11 is 0. The van der Waals surface area contributed by atoms with Crippen molar-refractivity contribution in [1.29, 1.82) is 0 Å². The minimum absolute atomic E-state index is 0.107. The molecule has 6 nitrogen and oxygen atoms in total. The van der Waals surface area contributed by atoms with Crippen molar-refractivity contribution in [3.63, 3.8) is 0 Å². The number of carbonyl (C=O) groups excluding carboxylic acids is 2. The summed E-state index contributed by atoms with van der Waals surface area (Å²) in [6.45, 7) is 4.95. The number of aliphatic hydroxyl groups is 1. The van der Waals surface area contributed by atoms with Gasteiger partial charge in [0.25, 0.3) is 5.91 Å². The quantitative estimate of drug-likeness (QED) is 0.580. The van der Waals surface area contributed by atoms with Crippen LogP contribution in [0.1, 0.15) is 53.1 Å². The number of nitrogens with one attached hydrogen (secondary N) is 1. The summed E-state index contributed by atoms with van der Waals surface area (Å²) in [4.78, 5) is 24.4. The van der Waals surface area contributed by atoms with Crippen molar-refractivity contribution in [2.75, 3.05) is 5.73 Å². The number of hydrogen-bond acceptors (Lipinski definition) is 5. The highest BCUT2D eigenvalue weighted by Gasteiger charge is 2.43. The molecule has 26 heavy (non-hydrogen) atoms. The standard InChI is InChI=1S/C20H22N2O4/c1-11(23)12-8-9-16-14(10-12)17(18(24)20(2,3)26-16)22-19(25)13-6-4-5-7-15(13)21/h4-10,17-18,24H,21H2,1-3H3,(H,22,25). The van der Waals surface area contributed by atoms with Gasteiger partial charge in [0.05, 0.1) is 11.6 Å². The van der Waals surface area contributed by atoms with Gasteiger partial charge in [-0.2, -0.15) is 0 Å². The maximum atomic E-state index is 12.7. The first-order chi connectivity index (χ1) is 12.2. The molecular formula is C20H22N2O4. The van der Waals surface area contributed by atoms with Crippen molar-refractivity contribution in [3.8, 4) is 5.75 Å². The Kier molecular flexibility index (Phi) is 4.46. The van der Waals surface area contributed by atoms with Crippen molar-refractivity contribution < 1.29 is 19.4 Å². The van der Waals surface area contributed by atoms with Crippen LogP contribution in [0.2, 0.25) is 0 Å². The lowest BCUT2D eigenvalue weighted by atomic mass is 9.85. The third-order valence-electron chi connectivity index (χ3n) is 4.64. The number of Topliss-reactive ketones (excluding diaryl/α,β-unsaturated/α-hetero) is 1. The van der Waals surface area contributed by atoms with Gasteiger partial charge in [0, 0.05) is 16.8 Å². The molecule has 2 unspecified atom stereocenters. The number of hydrogen-bond donors (Lipinski definition) is 3. The van der Waals surface area contributed by atoms with Crippen molar-refractivity contribution in [2.24, 2.45) is 0 Å². The third kappa shape index (κ3) is 3.15. The maximum Gasteiger partial charge on any atom is 0.253 e. The minimum Gasteiger partial charge on any atom is -0.485 e. The molecule has 0 saturated carbocycles. The van der Waals surface area contributed by atoms with Gasteiger partial charge in [0.15, 0.2) is 5.78 Å². The van der Waals surface area contributed by atoms with E-state index in [9.17, 15) is 14.7 Å². The van der Waals surface area contributed by atoms with Crippen molar-refractivity contribution in [3.05, 3.63) is 59.2 Å². The van der Waals surface area contributed by atoms with Gasteiger partial charge in [-0.15, -0.1) is 0 Å². The number of anilines is 1. The van der Waals surface area contributed by atoms with Gasteiger partial charge >= 0.3 is 0 Å². The zero-order valence-corrected chi connectivity index (χ0v) is 14.9. The first-order valence-corrected chi connectivity index (χ1v) is 8.38. The molecule has 0 fully saturated rings. The third-order valence-corrected chi connectivity index (χ3v) is 4.64. The number of nitrogen functional groups attached to an aromatic ring is 1. The molecular weight excluding hydrogens is 332 g/mol. The number of para-hydroxylation sites is 1. The number of ketones is 1. The van der Waals surface area contributed by atoms with Crippen LogP contribution in [-0.2, 0) is 0 Å². The smallest absolute Gasteiger partial charge is 0.253 e. The maximum absolute atomic E-state index is 12.7. The number of benzene rings is 2. The number of aliphatic hydroxyl groups excluding tert-OH is 1. The van der Waals surface area contributed by atoms with Gasteiger partial charge in [0.1, 0.15) is 17.5 Å². The predicted molar refractivity (Wildman–Crippen MR) is 98.2 cm³/mol. The SMILES string of the molecule is CC(=O)c1ccc2c(c1)C(NC(=O)c1ccccc1N)C(O)C(C)(C)O2. The molecule has 0 spiro atoms. The number of ether oxygens (including phenoxy) is 1. The highest BCUT2D eigenvalue weighted by molar-refractivity contribution is 5.99. The molecule has 6 heteroatoms. The summed E-state index contributed by atoms with van der Waals surface area (Å²) in [6.07, 6.45) is -1.01. The molecule has 1 amide bonds. The summed E-state index contributed by atoms with van der Waals surface area (Å²) in [5.41, 5.74) is 6.69. The Morgan fingerprint density at radius 3 is 2.54 bits per heavy atom. The van der Waals surface area contributed by atoms with E-state index in [1.54, 1.807) is 56.3 Å². The van der Waals surface area contributed by atoms with Gasteiger partial charge in [-0.1, -0.05) is 12.1 Å². The monoisotopic (exact) mass is 354 g/mol. The van der Waals surface area contributed by atoms with Gasteiger partial charge < -0.3 is 20.9 Å². The molecule has 1 aliphatic heterocycles. The number of rotatable bonds is 3. The first kappa shape index (κ1) is 17.9. The van der Waals surface area contributed by atoms with Crippen LogP contribution in [-0.4, -0.2) is 28.5 Å². The Hall–Kier alpha value is -2.86. The van der Waals surface area contributed by atoms with E-state index in [2.05, 4.69) is 5.32 Å². The molecule has 0 aromatic heterocycles. The predicted octanol–water partition coefficient (Wildman–Crippen LogP) is 2.47. The van der Waals surface area contributed by atoms with Crippen LogP contribution in [0.3, 0.4) is 0 Å². The fourth-order valence-electron chi connectivity index (χ4n) is 3.10. The second-order valence-corrected chi connectivity index (χ2v) is 7.00. The lowest BCUT2D eigenvalue weighted by Gasteiger charge is -2.42. The molecule has 2 atom stereocenters. The lowest BCUT2D eigenvalue weighted by Crippen LogP contribution is -2.53. The molecule has 0 saturated heterocycles. The van der Waals surface area contributed by atoms with E-state index in [1.165, 1.54) is 6.92 Å². The first-order valence-electron chi connectivity index (χ1n) is 8.38. The van der Waals surface area contributed by atoms with Crippen LogP contribution < -0.4 is 15.8 Å². The highest BCUT2D eigenvalue weighted by atomic mass is 16.5. The molecule has 1 aliphatic rings. The van der Waals surface area contributed by atoms with Crippen LogP contribution in [0, 0.1) is 0 Å². The fourth-order valence-corrected chi connectivity index (χ4v) is 3.10. The Balaban J connectivity index is 2.02. The number of nitrogens with two attached hydrogens (primary N) is 1. The summed E-state index contributed by atoms with van der Waals surface area (Å²) in [5, 5.41) is 13.6. The highest BCUT2D eigenvalue weighted by Crippen LogP contribution is 2.40. The Morgan fingerprint density at radius 1 is 1.19 bits per heavy atom. The van der Waals surface area contributed by atoms with Gasteiger partial charge in [-0.3, -0.25) is 9.59 Å². The molecule has 4 N–H and O–H groups in total. The molecule has 2 aromatic rings. The van der Waals surface area contributed by atoms with E-state index in [0.29, 0.717) is 28.1 Å². The van der Waals surface area contributed by atoms with E-state index in [0.717, 1.165) is 0 Å². The van der Waals surface area contributed by atoms with Crippen molar-refractivity contribution in [2.45, 2.75) is 38.5 Å². The molecule has 0 bridgehead atoms. The van der Waals surface area contributed by atoms with Crippen LogP contribution >= 0.6 is 0 Å². The van der Waals surface area contributed by atoms with Gasteiger partial charge in [-0.25, -0.2) is 0 Å². The van der Waals surface area contributed by atoms with Gasteiger partial charge in [0.2, 0.25) is 0 Å². The Labute approximate surface area is 152 Å². The van der Waals surface area contributed by atoms with Crippen LogP contribution in [0.5, 0.6) is 5.75 Å². The average molecular weight is 354 g/mol. The summed E-state index contributed by atoms with van der Waals surface area (Å²) in [7, 11) is 0. The Bertz CT molecular complexity index is 876. The van der Waals surface area contributed by atoms with Crippen LogP contribution in [0.15, 0.2) is 42.5 Å². The minimum atomic E-state index is -1.01. The zero-order chi connectivity index (χ0) is 19.1. The largest absolute Gasteiger partial charge is 0.485 e. The molecule has 0 aliphatic carbocycles. The summed E-state index contributed by atoms with van der Waals surface area (Å²) in [6, 6.07) is 11.0. The van der Waals surface area contributed by atoms with Crippen molar-refractivity contribution in [1.82, 2.24) is 5.32 Å². The van der Waals surface area contributed by atoms with E-state index in [4.69, 9.17) is 10.5 Å². The summed E-state index contributed by atoms with van der Waals surface area (Å²) < 4.78 is 5.87. The molecule has 3 rings (SSSR count). The van der Waals surface area contributed by atoms with Crippen LogP contribution in [0.4, 0.5) is 5.69 Å². The van der Waals surface area contributed by atoms with E-state index in [-0.39, 0.29) is 5.78 Å². The molecule has 0 radical (unpaired) electrons. The topological polar surface area (TPSA) is 102 Å². The number of fused-ring (bicyclic) bond motifs is 1. The van der Waals surface area contributed by atoms with Crippen molar-refractivity contribution >= 4 is 17.4 Å².